The van der Waals surface area contributed by atoms with Crippen LogP contribution in [-0.4, -0.2) is 42.1 Å². The molecule has 6 nitrogen and oxygen atoms in total. The smallest absolute Gasteiger partial charge is 0.369 e. The minimum absolute atomic E-state index is 0.130. The van der Waals surface area contributed by atoms with Gasteiger partial charge >= 0.3 is 5.97 Å². The number of carbonyl (C=O) groups is 1. The summed E-state index contributed by atoms with van der Waals surface area (Å²) in [6, 6.07) is 0. The predicted molar refractivity (Wildman–Crippen MR) is 60.3 cm³/mol. The van der Waals surface area contributed by atoms with Crippen LogP contribution in [0.2, 0.25) is 0 Å². The van der Waals surface area contributed by atoms with Gasteiger partial charge in [-0.3, -0.25) is 0 Å². The number of esters is 1. The molecular formula is C10H14N2O4S. The fourth-order valence-corrected chi connectivity index (χ4v) is 2.08. The molecular weight excluding hydrogens is 244 g/mol. The lowest BCUT2D eigenvalue weighted by Crippen LogP contribution is -2.16. The van der Waals surface area contributed by atoms with Gasteiger partial charge in [0.1, 0.15) is 6.61 Å². The highest BCUT2D eigenvalue weighted by atomic mass is 32.1. The minimum Gasteiger partial charge on any atom is -0.466 e. The molecule has 0 bridgehead atoms. The number of nitrogens with zero attached hydrogens (tertiary/aromatic N) is 2. The van der Waals surface area contributed by atoms with Gasteiger partial charge in [0.25, 0.3) is 5.19 Å². The molecule has 0 spiro atoms. The van der Waals surface area contributed by atoms with E-state index in [1.165, 1.54) is 0 Å². The molecule has 1 aromatic heterocycles. The van der Waals surface area contributed by atoms with Crippen molar-refractivity contribution in [2.24, 2.45) is 0 Å². The average molecular weight is 258 g/mol. The van der Waals surface area contributed by atoms with E-state index < -0.39 is 5.97 Å². The maximum atomic E-state index is 11.3. The second kappa shape index (κ2) is 5.92. The third-order valence-corrected chi connectivity index (χ3v) is 3.09. The number of hydrogen-bond donors (Lipinski definition) is 0. The first-order chi connectivity index (χ1) is 8.29. The van der Waals surface area contributed by atoms with Gasteiger partial charge < -0.3 is 14.2 Å². The van der Waals surface area contributed by atoms with Gasteiger partial charge in [0.05, 0.1) is 12.7 Å². The third-order valence-electron chi connectivity index (χ3n) is 2.27. The van der Waals surface area contributed by atoms with Crippen LogP contribution < -0.4 is 4.74 Å². The molecule has 17 heavy (non-hydrogen) atoms. The van der Waals surface area contributed by atoms with Crippen LogP contribution >= 0.6 is 11.3 Å². The van der Waals surface area contributed by atoms with Gasteiger partial charge in [-0.15, -0.1) is 5.10 Å². The lowest BCUT2D eigenvalue weighted by atomic mass is 10.2. The minimum atomic E-state index is -0.461. The van der Waals surface area contributed by atoms with Crippen LogP contribution in [-0.2, 0) is 9.47 Å². The van der Waals surface area contributed by atoms with Gasteiger partial charge in [-0.25, -0.2) is 4.79 Å². The molecule has 1 aliphatic rings. The molecule has 0 aliphatic carbocycles. The molecule has 0 N–H and O–H groups in total. The SMILES string of the molecule is CCOC(=O)c1nnc(OCC2CCCO2)s1. The first-order valence-electron chi connectivity index (χ1n) is 5.54. The fourth-order valence-electron chi connectivity index (χ4n) is 1.48. The Morgan fingerprint density at radius 2 is 2.47 bits per heavy atom. The Balaban J connectivity index is 1.83. The molecule has 0 amide bonds. The van der Waals surface area contributed by atoms with Gasteiger partial charge in [0.15, 0.2) is 0 Å². The molecule has 2 rings (SSSR count). The Morgan fingerprint density at radius 1 is 1.59 bits per heavy atom. The Kier molecular flexibility index (Phi) is 4.27. The van der Waals surface area contributed by atoms with Gasteiger partial charge in [-0.1, -0.05) is 5.10 Å². The zero-order valence-corrected chi connectivity index (χ0v) is 10.4. The summed E-state index contributed by atoms with van der Waals surface area (Å²) >= 11 is 1.09. The summed E-state index contributed by atoms with van der Waals surface area (Å²) in [5.41, 5.74) is 0. The summed E-state index contributed by atoms with van der Waals surface area (Å²) in [4.78, 5) is 11.3. The van der Waals surface area contributed by atoms with E-state index >= 15 is 0 Å². The van der Waals surface area contributed by atoms with Crippen LogP contribution in [0.3, 0.4) is 0 Å². The highest BCUT2D eigenvalue weighted by Gasteiger charge is 2.18. The van der Waals surface area contributed by atoms with Crippen molar-refractivity contribution in [3.05, 3.63) is 5.01 Å². The highest BCUT2D eigenvalue weighted by molar-refractivity contribution is 7.14. The van der Waals surface area contributed by atoms with E-state index in [9.17, 15) is 4.79 Å². The quantitative estimate of drug-likeness (QED) is 0.741. The molecule has 7 heteroatoms. The van der Waals surface area contributed by atoms with Crippen molar-refractivity contribution in [3.63, 3.8) is 0 Å². The van der Waals surface area contributed by atoms with E-state index in [4.69, 9.17) is 14.2 Å². The summed E-state index contributed by atoms with van der Waals surface area (Å²) in [6.07, 6.45) is 2.20. The standard InChI is InChI=1S/C10H14N2O4S/c1-2-14-9(13)8-11-12-10(17-8)16-6-7-4-3-5-15-7/h7H,2-6H2,1H3. The summed E-state index contributed by atoms with van der Waals surface area (Å²) in [6.45, 7) is 3.31. The summed E-state index contributed by atoms with van der Waals surface area (Å²) in [5, 5.41) is 8.07. The van der Waals surface area contributed by atoms with Crippen LogP contribution in [0, 0.1) is 0 Å². The Bertz CT molecular complexity index is 376. The molecule has 0 saturated carbocycles. The average Bonchev–Trinajstić information content (AvgIpc) is 2.98. The molecule has 1 unspecified atom stereocenters. The van der Waals surface area contributed by atoms with Crippen molar-refractivity contribution in [3.8, 4) is 5.19 Å². The number of rotatable bonds is 5. The van der Waals surface area contributed by atoms with E-state index in [-0.39, 0.29) is 11.1 Å². The summed E-state index contributed by atoms with van der Waals surface area (Å²) in [5.74, 6) is -0.461. The van der Waals surface area contributed by atoms with Gasteiger partial charge in [-0.05, 0) is 31.1 Å². The van der Waals surface area contributed by atoms with Crippen LogP contribution in [0.1, 0.15) is 29.6 Å². The third kappa shape index (κ3) is 3.37. The normalized spacial score (nSPS) is 19.2. The van der Waals surface area contributed by atoms with Crippen LogP contribution in [0.15, 0.2) is 0 Å². The largest absolute Gasteiger partial charge is 0.466 e. The molecule has 1 atom stereocenters. The van der Waals surface area contributed by atoms with Crippen molar-refractivity contribution in [1.82, 2.24) is 10.2 Å². The maximum absolute atomic E-state index is 11.3. The van der Waals surface area contributed by atoms with E-state index in [0.29, 0.717) is 18.4 Å². The molecule has 1 fully saturated rings. The van der Waals surface area contributed by atoms with E-state index in [1.54, 1.807) is 6.92 Å². The zero-order chi connectivity index (χ0) is 12.1. The molecule has 2 heterocycles. The monoisotopic (exact) mass is 258 g/mol. The van der Waals surface area contributed by atoms with Gasteiger partial charge in [0.2, 0.25) is 5.01 Å². The summed E-state index contributed by atoms with van der Waals surface area (Å²) in [7, 11) is 0. The topological polar surface area (TPSA) is 70.5 Å². The van der Waals surface area contributed by atoms with Crippen molar-refractivity contribution < 1.29 is 19.0 Å². The van der Waals surface area contributed by atoms with Gasteiger partial charge in [-0.2, -0.15) is 0 Å². The van der Waals surface area contributed by atoms with Crippen LogP contribution in [0.25, 0.3) is 0 Å². The number of aromatic nitrogens is 2. The zero-order valence-electron chi connectivity index (χ0n) is 9.55. The number of hydrogen-bond acceptors (Lipinski definition) is 7. The van der Waals surface area contributed by atoms with Gasteiger partial charge in [0, 0.05) is 6.61 Å². The van der Waals surface area contributed by atoms with E-state index in [2.05, 4.69) is 10.2 Å². The fraction of sp³-hybridized carbons (Fsp3) is 0.700. The first kappa shape index (κ1) is 12.3. The number of carbonyl (C=O) groups excluding carboxylic acids is 1. The van der Waals surface area contributed by atoms with Crippen molar-refractivity contribution >= 4 is 17.3 Å². The van der Waals surface area contributed by atoms with Crippen LogP contribution in [0.4, 0.5) is 0 Å². The molecule has 1 aromatic rings. The molecule has 1 aliphatic heterocycles. The van der Waals surface area contributed by atoms with Crippen molar-refractivity contribution in [2.45, 2.75) is 25.9 Å². The van der Waals surface area contributed by atoms with E-state index in [1.807, 2.05) is 0 Å². The Hall–Kier alpha value is -1.21. The lowest BCUT2D eigenvalue weighted by Gasteiger charge is -2.07. The predicted octanol–water partition coefficient (Wildman–Crippen LogP) is 1.27. The molecule has 0 radical (unpaired) electrons. The molecule has 94 valence electrons. The second-order valence-electron chi connectivity index (χ2n) is 3.54. The maximum Gasteiger partial charge on any atom is 0.369 e. The highest BCUT2D eigenvalue weighted by Crippen LogP contribution is 2.20. The second-order valence-corrected chi connectivity index (χ2v) is 4.48. The van der Waals surface area contributed by atoms with Crippen molar-refractivity contribution in [2.75, 3.05) is 19.8 Å². The number of ether oxygens (including phenoxy) is 3. The van der Waals surface area contributed by atoms with E-state index in [0.717, 1.165) is 30.8 Å². The first-order valence-corrected chi connectivity index (χ1v) is 6.36. The van der Waals surface area contributed by atoms with Crippen molar-refractivity contribution in [1.29, 1.82) is 0 Å². The van der Waals surface area contributed by atoms with Crippen LogP contribution in [0.5, 0.6) is 5.19 Å². The molecule has 0 aromatic carbocycles. The molecule has 1 saturated heterocycles. The summed E-state index contributed by atoms with van der Waals surface area (Å²) < 4.78 is 15.6. The Morgan fingerprint density at radius 3 is 3.18 bits per heavy atom. The lowest BCUT2D eigenvalue weighted by molar-refractivity contribution is 0.0525. The Labute approximate surface area is 103 Å².